The topological polar surface area (TPSA) is 63.4 Å². The Morgan fingerprint density at radius 1 is 1.39 bits per heavy atom. The summed E-state index contributed by atoms with van der Waals surface area (Å²) in [7, 11) is 0. The van der Waals surface area contributed by atoms with Crippen LogP contribution in [0.25, 0.3) is 0 Å². The molecule has 1 saturated heterocycles. The predicted octanol–water partition coefficient (Wildman–Crippen LogP) is 1.90. The molecule has 1 aliphatic heterocycles. The van der Waals surface area contributed by atoms with E-state index in [1.807, 2.05) is 26.0 Å². The second kappa shape index (κ2) is 4.72. The quantitative estimate of drug-likeness (QED) is 0.907. The molecule has 0 saturated carbocycles. The Bertz CT molecular complexity index is 505. The number of halogens is 1. The minimum Gasteiger partial charge on any atom is -0.369 e. The summed E-state index contributed by atoms with van der Waals surface area (Å²) in [6, 6.07) is 3.89. The lowest BCUT2D eigenvalue weighted by atomic mass is 10.1. The highest BCUT2D eigenvalue weighted by Gasteiger charge is 2.34. The summed E-state index contributed by atoms with van der Waals surface area (Å²) in [5.41, 5.74) is 8.23. The molecule has 0 radical (unpaired) electrons. The van der Waals surface area contributed by atoms with Crippen LogP contribution in [0.15, 0.2) is 16.6 Å². The number of carbonyl (C=O) groups excluding carboxylic acids is 2. The van der Waals surface area contributed by atoms with E-state index in [1.165, 1.54) is 0 Å². The Hall–Kier alpha value is -1.36. The number of nitrogens with zero attached hydrogens (tertiary/aromatic N) is 1. The molecule has 1 atom stereocenters. The molecule has 96 valence electrons. The fraction of sp³-hybridized carbons (Fsp3) is 0.385. The van der Waals surface area contributed by atoms with Crippen molar-refractivity contribution in [2.75, 3.05) is 11.4 Å². The number of primary amides is 1. The lowest BCUT2D eigenvalue weighted by Gasteiger charge is -2.18. The van der Waals surface area contributed by atoms with Crippen LogP contribution < -0.4 is 10.6 Å². The molecule has 1 aromatic carbocycles. The molecule has 1 aromatic rings. The molecule has 1 fully saturated rings. The number of carbonyl (C=O) groups is 2. The third-order valence-corrected chi connectivity index (χ3v) is 4.51. The lowest BCUT2D eigenvalue weighted by molar-refractivity contribution is -0.123. The highest BCUT2D eigenvalue weighted by atomic mass is 79.9. The van der Waals surface area contributed by atoms with Gasteiger partial charge in [0.1, 0.15) is 0 Å². The van der Waals surface area contributed by atoms with Crippen molar-refractivity contribution in [2.45, 2.75) is 20.3 Å². The van der Waals surface area contributed by atoms with Crippen molar-refractivity contribution in [3.8, 4) is 0 Å². The van der Waals surface area contributed by atoms with Crippen LogP contribution in [0.2, 0.25) is 0 Å². The fourth-order valence-corrected chi connectivity index (χ4v) is 2.46. The molecule has 2 rings (SSSR count). The Labute approximate surface area is 114 Å². The minimum absolute atomic E-state index is 0.0417. The number of hydrogen-bond acceptors (Lipinski definition) is 2. The van der Waals surface area contributed by atoms with E-state index >= 15 is 0 Å². The third kappa shape index (κ3) is 2.27. The summed E-state index contributed by atoms with van der Waals surface area (Å²) in [6.07, 6.45) is 0.212. The molecule has 5 heteroatoms. The van der Waals surface area contributed by atoms with Crippen LogP contribution in [0.3, 0.4) is 0 Å². The zero-order valence-electron chi connectivity index (χ0n) is 10.4. The second-order valence-corrected chi connectivity index (χ2v) is 5.49. The maximum absolute atomic E-state index is 11.9. The van der Waals surface area contributed by atoms with Gasteiger partial charge in [-0.05, 0) is 37.1 Å². The van der Waals surface area contributed by atoms with Gasteiger partial charge in [-0.1, -0.05) is 15.9 Å². The molecule has 1 aliphatic rings. The Morgan fingerprint density at radius 3 is 2.39 bits per heavy atom. The standard InChI is InChI=1S/C13H15BrN2O2/c1-7-3-10(4-8(2)12(7)14)16-6-9(13(15)18)5-11(16)17/h3-4,9H,5-6H2,1-2H3,(H2,15,18)/t9-/m1/s1. The van der Waals surface area contributed by atoms with Gasteiger partial charge in [0.25, 0.3) is 0 Å². The molecule has 1 heterocycles. The maximum atomic E-state index is 11.9. The first-order chi connectivity index (χ1) is 8.40. The smallest absolute Gasteiger partial charge is 0.227 e. The van der Waals surface area contributed by atoms with Crippen molar-refractivity contribution in [1.29, 1.82) is 0 Å². The minimum atomic E-state index is -0.406. The first-order valence-corrected chi connectivity index (χ1v) is 6.56. The van der Waals surface area contributed by atoms with Gasteiger partial charge in [0.15, 0.2) is 0 Å². The molecule has 2 amide bonds. The normalized spacial score (nSPS) is 19.4. The summed E-state index contributed by atoms with van der Waals surface area (Å²) >= 11 is 3.49. The van der Waals surface area contributed by atoms with Crippen LogP contribution in [0.4, 0.5) is 5.69 Å². The maximum Gasteiger partial charge on any atom is 0.227 e. The van der Waals surface area contributed by atoms with Crippen molar-refractivity contribution in [1.82, 2.24) is 0 Å². The number of rotatable bonds is 2. The molecule has 4 nitrogen and oxygen atoms in total. The van der Waals surface area contributed by atoms with Gasteiger partial charge in [-0.3, -0.25) is 9.59 Å². The van der Waals surface area contributed by atoms with Crippen LogP contribution in [0.5, 0.6) is 0 Å². The van der Waals surface area contributed by atoms with Crippen LogP contribution in [0.1, 0.15) is 17.5 Å². The van der Waals surface area contributed by atoms with Gasteiger partial charge < -0.3 is 10.6 Å². The Kier molecular flexibility index (Phi) is 3.43. The summed E-state index contributed by atoms with van der Waals surface area (Å²) < 4.78 is 1.05. The second-order valence-electron chi connectivity index (χ2n) is 4.70. The Morgan fingerprint density at radius 2 is 1.94 bits per heavy atom. The van der Waals surface area contributed by atoms with Crippen LogP contribution in [0, 0.1) is 19.8 Å². The monoisotopic (exact) mass is 310 g/mol. The van der Waals surface area contributed by atoms with Gasteiger partial charge in [-0.25, -0.2) is 0 Å². The number of benzene rings is 1. The van der Waals surface area contributed by atoms with Crippen molar-refractivity contribution in [3.05, 3.63) is 27.7 Å². The number of hydrogen-bond donors (Lipinski definition) is 1. The van der Waals surface area contributed by atoms with E-state index in [0.717, 1.165) is 21.3 Å². The SMILES string of the molecule is Cc1cc(N2C[C@H](C(N)=O)CC2=O)cc(C)c1Br. The molecule has 0 aliphatic carbocycles. The van der Waals surface area contributed by atoms with E-state index in [1.54, 1.807) is 4.90 Å². The number of nitrogens with two attached hydrogens (primary N) is 1. The molecule has 2 N–H and O–H groups in total. The molecule has 18 heavy (non-hydrogen) atoms. The molecule has 0 spiro atoms. The number of anilines is 1. The summed E-state index contributed by atoms with van der Waals surface area (Å²) in [4.78, 5) is 24.7. The fourth-order valence-electron chi connectivity index (χ4n) is 2.23. The summed E-state index contributed by atoms with van der Waals surface area (Å²) in [5, 5.41) is 0. The van der Waals surface area contributed by atoms with Gasteiger partial charge in [0.05, 0.1) is 5.92 Å². The van der Waals surface area contributed by atoms with Gasteiger partial charge >= 0.3 is 0 Å². The van der Waals surface area contributed by atoms with Gasteiger partial charge in [-0.2, -0.15) is 0 Å². The molecule has 0 aromatic heterocycles. The first-order valence-electron chi connectivity index (χ1n) is 5.76. The van der Waals surface area contributed by atoms with Crippen LogP contribution in [-0.4, -0.2) is 18.4 Å². The van der Waals surface area contributed by atoms with Gasteiger partial charge in [-0.15, -0.1) is 0 Å². The highest BCUT2D eigenvalue weighted by Crippen LogP contribution is 2.30. The van der Waals surface area contributed by atoms with Crippen molar-refractivity contribution >= 4 is 33.4 Å². The third-order valence-electron chi connectivity index (χ3n) is 3.26. The largest absolute Gasteiger partial charge is 0.369 e. The summed E-state index contributed by atoms with van der Waals surface area (Å²) in [5.74, 6) is -0.821. The van der Waals surface area contributed by atoms with Crippen molar-refractivity contribution < 1.29 is 9.59 Å². The van der Waals surface area contributed by atoms with Crippen molar-refractivity contribution in [2.24, 2.45) is 11.7 Å². The Balaban J connectivity index is 2.33. The number of amides is 2. The first kappa shape index (κ1) is 13.1. The summed E-state index contributed by atoms with van der Waals surface area (Å²) in [6.45, 7) is 4.34. The number of aryl methyl sites for hydroxylation is 2. The van der Waals surface area contributed by atoms with Gasteiger partial charge in [0.2, 0.25) is 11.8 Å². The lowest BCUT2D eigenvalue weighted by Crippen LogP contribution is -2.28. The average Bonchev–Trinajstić information content (AvgIpc) is 2.68. The van der Waals surface area contributed by atoms with Gasteiger partial charge in [0, 0.05) is 23.1 Å². The van der Waals surface area contributed by atoms with E-state index in [4.69, 9.17) is 5.73 Å². The van der Waals surface area contributed by atoms with E-state index in [9.17, 15) is 9.59 Å². The van der Waals surface area contributed by atoms with Crippen LogP contribution >= 0.6 is 15.9 Å². The van der Waals surface area contributed by atoms with E-state index in [2.05, 4.69) is 15.9 Å². The molecular weight excluding hydrogens is 296 g/mol. The predicted molar refractivity (Wildman–Crippen MR) is 73.3 cm³/mol. The molecule has 0 unspecified atom stereocenters. The van der Waals surface area contributed by atoms with Crippen LogP contribution in [-0.2, 0) is 9.59 Å². The van der Waals surface area contributed by atoms with E-state index < -0.39 is 5.91 Å². The zero-order chi connectivity index (χ0) is 13.4. The molecule has 0 bridgehead atoms. The zero-order valence-corrected chi connectivity index (χ0v) is 12.0. The molecular formula is C13H15BrN2O2. The van der Waals surface area contributed by atoms with E-state index in [-0.39, 0.29) is 18.2 Å². The average molecular weight is 311 g/mol. The van der Waals surface area contributed by atoms with E-state index in [0.29, 0.717) is 6.54 Å². The van der Waals surface area contributed by atoms with Crippen molar-refractivity contribution in [3.63, 3.8) is 0 Å². The highest BCUT2D eigenvalue weighted by molar-refractivity contribution is 9.10.